The highest BCUT2D eigenvalue weighted by Crippen LogP contribution is 2.08. The monoisotopic (exact) mass is 159 g/mol. The summed E-state index contributed by atoms with van der Waals surface area (Å²) in [6, 6.07) is 2.04. The van der Waals surface area contributed by atoms with Crippen LogP contribution in [0.15, 0.2) is 48.1 Å². The van der Waals surface area contributed by atoms with Gasteiger partial charge in [-0.05, 0) is 31.1 Å². The second-order valence-electron chi connectivity index (χ2n) is 2.49. The molecule has 0 aliphatic carbocycles. The summed E-state index contributed by atoms with van der Waals surface area (Å²) >= 11 is 0. The third kappa shape index (κ3) is 3.03. The van der Waals surface area contributed by atoms with E-state index in [1.165, 1.54) is 0 Å². The topological polar surface area (TPSA) is 23.8 Å². The lowest BCUT2D eigenvalue weighted by Gasteiger charge is -1.96. The normalized spacial score (nSPS) is 12.9. The van der Waals surface area contributed by atoms with E-state index in [1.807, 2.05) is 19.9 Å². The van der Waals surface area contributed by atoms with Gasteiger partial charge in [0.25, 0.3) is 0 Å². The van der Waals surface area contributed by atoms with Gasteiger partial charge >= 0.3 is 0 Å². The summed E-state index contributed by atoms with van der Waals surface area (Å²) in [5, 5.41) is 8.59. The van der Waals surface area contributed by atoms with Crippen LogP contribution in [0.4, 0.5) is 0 Å². The van der Waals surface area contributed by atoms with Gasteiger partial charge < -0.3 is 0 Å². The highest BCUT2D eigenvalue weighted by molar-refractivity contribution is 5.40. The van der Waals surface area contributed by atoms with Crippen molar-refractivity contribution in [2.45, 2.75) is 13.8 Å². The first kappa shape index (κ1) is 10.4. The summed E-state index contributed by atoms with van der Waals surface area (Å²) in [6.07, 6.45) is 5.10. The Hall–Kier alpha value is -1.55. The molecule has 0 bridgehead atoms. The molecule has 0 saturated carbocycles. The van der Waals surface area contributed by atoms with Crippen LogP contribution in [-0.2, 0) is 0 Å². The maximum atomic E-state index is 8.59. The van der Waals surface area contributed by atoms with Gasteiger partial charge in [-0.3, -0.25) is 0 Å². The van der Waals surface area contributed by atoms with Crippen LogP contribution >= 0.6 is 0 Å². The van der Waals surface area contributed by atoms with Crippen LogP contribution in [0.5, 0.6) is 0 Å². The highest BCUT2D eigenvalue weighted by atomic mass is 14.2. The molecule has 0 fully saturated rings. The maximum Gasteiger partial charge on any atom is 0.0991 e. The van der Waals surface area contributed by atoms with E-state index < -0.39 is 0 Å². The summed E-state index contributed by atoms with van der Waals surface area (Å²) in [5.41, 5.74) is 2.69. The molecule has 62 valence electrons. The van der Waals surface area contributed by atoms with E-state index >= 15 is 0 Å². The van der Waals surface area contributed by atoms with Crippen LogP contribution in [0.1, 0.15) is 13.8 Å². The fourth-order valence-corrected chi connectivity index (χ4v) is 0.645. The Labute approximate surface area is 74.0 Å². The third-order valence-electron chi connectivity index (χ3n) is 1.65. The second kappa shape index (κ2) is 5.15. The minimum atomic E-state index is 0.578. The molecule has 0 saturated heterocycles. The lowest BCUT2D eigenvalue weighted by molar-refractivity contribution is 1.36. The number of nitrogens with zero attached hydrogens (tertiary/aromatic N) is 1. The van der Waals surface area contributed by atoms with Crippen molar-refractivity contribution in [1.29, 1.82) is 5.26 Å². The average molecular weight is 159 g/mol. The van der Waals surface area contributed by atoms with E-state index in [0.29, 0.717) is 5.57 Å². The summed E-state index contributed by atoms with van der Waals surface area (Å²) in [5.74, 6) is 0. The van der Waals surface area contributed by atoms with Crippen molar-refractivity contribution in [2.24, 2.45) is 0 Å². The molecule has 1 nitrogen and oxygen atoms in total. The number of hydrogen-bond acceptors (Lipinski definition) is 1. The van der Waals surface area contributed by atoms with E-state index in [-0.39, 0.29) is 0 Å². The first-order chi connectivity index (χ1) is 5.65. The lowest BCUT2D eigenvalue weighted by atomic mass is 10.1. The Balaban J connectivity index is 4.88. The number of nitriles is 1. The smallest absolute Gasteiger partial charge is 0.0991 e. The zero-order chi connectivity index (χ0) is 9.56. The molecule has 0 unspecified atom stereocenters. The number of allylic oxidation sites excluding steroid dienone is 6. The van der Waals surface area contributed by atoms with Crippen LogP contribution in [0.2, 0.25) is 0 Å². The first-order valence-corrected chi connectivity index (χ1v) is 3.69. The zero-order valence-electron chi connectivity index (χ0n) is 7.59. The van der Waals surface area contributed by atoms with Gasteiger partial charge in [-0.1, -0.05) is 25.3 Å². The predicted molar refractivity (Wildman–Crippen MR) is 52.5 cm³/mol. The molecule has 0 aliphatic rings. The molecule has 0 N–H and O–H groups in total. The van der Waals surface area contributed by atoms with E-state index in [9.17, 15) is 0 Å². The zero-order valence-corrected chi connectivity index (χ0v) is 7.59. The minimum Gasteiger partial charge on any atom is -0.192 e. The molecule has 0 heterocycles. The molecule has 0 atom stereocenters. The van der Waals surface area contributed by atoms with Crippen molar-refractivity contribution >= 4 is 0 Å². The van der Waals surface area contributed by atoms with E-state index in [2.05, 4.69) is 13.2 Å². The van der Waals surface area contributed by atoms with Gasteiger partial charge in [-0.25, -0.2) is 0 Å². The van der Waals surface area contributed by atoms with Crippen LogP contribution in [-0.4, -0.2) is 0 Å². The molecule has 0 aromatic rings. The first-order valence-electron chi connectivity index (χ1n) is 3.69. The van der Waals surface area contributed by atoms with Crippen molar-refractivity contribution in [1.82, 2.24) is 0 Å². The van der Waals surface area contributed by atoms with Crippen LogP contribution in [0.25, 0.3) is 0 Å². The van der Waals surface area contributed by atoms with Crippen molar-refractivity contribution in [3.05, 3.63) is 48.1 Å². The van der Waals surface area contributed by atoms with Crippen LogP contribution < -0.4 is 0 Å². The fourth-order valence-electron chi connectivity index (χ4n) is 0.645. The molecule has 0 rings (SSSR count). The molecule has 12 heavy (non-hydrogen) atoms. The highest BCUT2D eigenvalue weighted by Gasteiger charge is 1.91. The number of hydrogen-bond donors (Lipinski definition) is 0. The lowest BCUT2D eigenvalue weighted by Crippen LogP contribution is -1.78. The Morgan fingerprint density at radius 1 is 1.17 bits per heavy atom. The van der Waals surface area contributed by atoms with Crippen molar-refractivity contribution in [2.75, 3.05) is 0 Å². The van der Waals surface area contributed by atoms with Gasteiger partial charge in [0.05, 0.1) is 11.6 Å². The summed E-state index contributed by atoms with van der Waals surface area (Å²) < 4.78 is 0. The standard InChI is InChI=1S/C11H13N/c1-5-9(3)10(4)7-11(6-2)8-12/h5-7H,1-2H2,3-4H3/b10-9-,11-7+. The predicted octanol–water partition coefficient (Wildman–Crippen LogP) is 3.14. The van der Waals surface area contributed by atoms with Crippen molar-refractivity contribution in [3.8, 4) is 6.07 Å². The van der Waals surface area contributed by atoms with Gasteiger partial charge in [0.15, 0.2) is 0 Å². The fraction of sp³-hybridized carbons (Fsp3) is 0.182. The third-order valence-corrected chi connectivity index (χ3v) is 1.65. The largest absolute Gasteiger partial charge is 0.192 e. The van der Waals surface area contributed by atoms with Crippen molar-refractivity contribution in [3.63, 3.8) is 0 Å². The van der Waals surface area contributed by atoms with Gasteiger partial charge in [-0.2, -0.15) is 5.26 Å². The molecule has 0 amide bonds. The van der Waals surface area contributed by atoms with Crippen LogP contribution in [0.3, 0.4) is 0 Å². The second-order valence-corrected chi connectivity index (χ2v) is 2.49. The van der Waals surface area contributed by atoms with Crippen molar-refractivity contribution < 1.29 is 0 Å². The molecule has 0 aromatic carbocycles. The van der Waals surface area contributed by atoms with E-state index in [4.69, 9.17) is 5.26 Å². The summed E-state index contributed by atoms with van der Waals surface area (Å²) in [7, 11) is 0. The molecule has 0 spiro atoms. The molecule has 0 aromatic heterocycles. The van der Waals surface area contributed by atoms with Gasteiger partial charge in [0, 0.05) is 0 Å². The molecule has 0 aliphatic heterocycles. The SMILES string of the molecule is C=C/C(C)=C(C)\C=C(\C#N)C=C. The Kier molecular flexibility index (Phi) is 4.48. The quantitative estimate of drug-likeness (QED) is 0.458. The minimum absolute atomic E-state index is 0.578. The van der Waals surface area contributed by atoms with Gasteiger partial charge in [0.2, 0.25) is 0 Å². The van der Waals surface area contributed by atoms with Crippen LogP contribution in [0, 0.1) is 11.3 Å². The van der Waals surface area contributed by atoms with Gasteiger partial charge in [-0.15, -0.1) is 0 Å². The molecule has 1 heteroatoms. The summed E-state index contributed by atoms with van der Waals surface area (Å²) in [4.78, 5) is 0. The molecular weight excluding hydrogens is 146 g/mol. The molecular formula is C11H13N. The molecule has 0 radical (unpaired) electrons. The Morgan fingerprint density at radius 2 is 1.75 bits per heavy atom. The number of rotatable bonds is 3. The Morgan fingerprint density at radius 3 is 2.08 bits per heavy atom. The average Bonchev–Trinajstić information content (AvgIpc) is 2.12. The van der Waals surface area contributed by atoms with E-state index in [0.717, 1.165) is 11.1 Å². The summed E-state index contributed by atoms with van der Waals surface area (Å²) in [6.45, 7) is 11.1. The Bertz CT molecular complexity index is 285. The maximum absolute atomic E-state index is 8.59. The van der Waals surface area contributed by atoms with Gasteiger partial charge in [0.1, 0.15) is 0 Å². The van der Waals surface area contributed by atoms with E-state index in [1.54, 1.807) is 18.2 Å².